The maximum atomic E-state index is 5.99. The van der Waals surface area contributed by atoms with Crippen molar-refractivity contribution in [2.45, 2.75) is 19.4 Å². The fourth-order valence-corrected chi connectivity index (χ4v) is 2.18. The molecule has 4 heteroatoms. The Morgan fingerprint density at radius 1 is 1.39 bits per heavy atom. The van der Waals surface area contributed by atoms with Gasteiger partial charge in [-0.1, -0.05) is 23.7 Å². The molecule has 0 unspecified atom stereocenters. The summed E-state index contributed by atoms with van der Waals surface area (Å²) in [6.45, 7) is 2.02. The third kappa shape index (κ3) is 3.59. The van der Waals surface area contributed by atoms with E-state index in [2.05, 4.69) is 20.9 Å². The van der Waals surface area contributed by atoms with Crippen LogP contribution in [0.1, 0.15) is 17.8 Å². The summed E-state index contributed by atoms with van der Waals surface area (Å²) in [5, 5.41) is 3.93. The van der Waals surface area contributed by atoms with Crippen LogP contribution < -0.4 is 5.32 Å². The van der Waals surface area contributed by atoms with Gasteiger partial charge in [-0.3, -0.25) is 0 Å². The summed E-state index contributed by atoms with van der Waals surface area (Å²) in [6.07, 6.45) is 5.83. The molecule has 0 aliphatic heterocycles. The maximum Gasteiger partial charge on any atom is 0.113 e. The average molecular weight is 264 g/mol. The SMILES string of the molecule is CNCCCn1ccnc1Cc1cccc(Cl)c1. The smallest absolute Gasteiger partial charge is 0.113 e. The molecule has 2 rings (SSSR count). The van der Waals surface area contributed by atoms with Gasteiger partial charge in [0.2, 0.25) is 0 Å². The monoisotopic (exact) mass is 263 g/mol. The van der Waals surface area contributed by atoms with Gasteiger partial charge in [-0.2, -0.15) is 0 Å². The van der Waals surface area contributed by atoms with Crippen LogP contribution in [0, 0.1) is 0 Å². The van der Waals surface area contributed by atoms with Crippen LogP contribution in [-0.4, -0.2) is 23.1 Å². The van der Waals surface area contributed by atoms with Gasteiger partial charge >= 0.3 is 0 Å². The predicted molar refractivity (Wildman–Crippen MR) is 75.0 cm³/mol. The molecule has 3 nitrogen and oxygen atoms in total. The van der Waals surface area contributed by atoms with E-state index in [1.807, 2.05) is 37.6 Å². The first-order chi connectivity index (χ1) is 8.79. The molecule has 18 heavy (non-hydrogen) atoms. The van der Waals surface area contributed by atoms with Crippen LogP contribution in [0.4, 0.5) is 0 Å². The molecule has 96 valence electrons. The number of imidazole rings is 1. The fraction of sp³-hybridized carbons (Fsp3) is 0.357. The molecule has 0 amide bonds. The predicted octanol–water partition coefficient (Wildman–Crippen LogP) is 2.74. The van der Waals surface area contributed by atoms with Gasteiger partial charge in [0.25, 0.3) is 0 Å². The molecule has 1 aromatic heterocycles. The number of hydrogen-bond acceptors (Lipinski definition) is 2. The standard InChI is InChI=1S/C14H18ClN3/c1-16-6-3-8-18-9-7-17-14(18)11-12-4-2-5-13(15)10-12/h2,4-5,7,9-10,16H,3,6,8,11H2,1H3. The zero-order chi connectivity index (χ0) is 12.8. The zero-order valence-corrected chi connectivity index (χ0v) is 11.3. The molecule has 1 N–H and O–H groups in total. The van der Waals surface area contributed by atoms with Crippen molar-refractivity contribution in [3.05, 3.63) is 53.1 Å². The van der Waals surface area contributed by atoms with Gasteiger partial charge in [-0.05, 0) is 37.7 Å². The van der Waals surface area contributed by atoms with Crippen molar-refractivity contribution >= 4 is 11.6 Å². The quantitative estimate of drug-likeness (QED) is 0.813. The molecule has 1 heterocycles. The fourth-order valence-electron chi connectivity index (χ4n) is 1.97. The van der Waals surface area contributed by atoms with Gasteiger partial charge in [-0.15, -0.1) is 0 Å². The highest BCUT2D eigenvalue weighted by Gasteiger charge is 2.04. The number of halogens is 1. The molecular weight excluding hydrogens is 246 g/mol. The molecule has 0 saturated carbocycles. The van der Waals surface area contributed by atoms with Crippen LogP contribution in [0.5, 0.6) is 0 Å². The first-order valence-corrected chi connectivity index (χ1v) is 6.56. The third-order valence-corrected chi connectivity index (χ3v) is 3.11. The number of rotatable bonds is 6. The van der Waals surface area contributed by atoms with Gasteiger partial charge in [0, 0.05) is 30.4 Å². The van der Waals surface area contributed by atoms with E-state index >= 15 is 0 Å². The summed E-state index contributed by atoms with van der Waals surface area (Å²) in [5.74, 6) is 1.09. The summed E-state index contributed by atoms with van der Waals surface area (Å²) in [5.41, 5.74) is 1.20. The van der Waals surface area contributed by atoms with E-state index in [4.69, 9.17) is 11.6 Å². The Kier molecular flexibility index (Phi) is 4.79. The van der Waals surface area contributed by atoms with Crippen molar-refractivity contribution in [2.75, 3.05) is 13.6 Å². The molecule has 0 spiro atoms. The number of aromatic nitrogens is 2. The van der Waals surface area contributed by atoms with Gasteiger partial charge in [0.05, 0.1) is 0 Å². The molecule has 1 aromatic carbocycles. The second kappa shape index (κ2) is 6.57. The van der Waals surface area contributed by atoms with E-state index < -0.39 is 0 Å². The second-order valence-electron chi connectivity index (χ2n) is 4.30. The molecule has 0 saturated heterocycles. The highest BCUT2D eigenvalue weighted by molar-refractivity contribution is 6.30. The lowest BCUT2D eigenvalue weighted by molar-refractivity contribution is 0.594. The van der Waals surface area contributed by atoms with Gasteiger partial charge in [-0.25, -0.2) is 4.98 Å². The van der Waals surface area contributed by atoms with Crippen molar-refractivity contribution in [3.8, 4) is 0 Å². The summed E-state index contributed by atoms with van der Waals surface area (Å²) in [6, 6.07) is 7.95. The van der Waals surface area contributed by atoms with Crippen molar-refractivity contribution < 1.29 is 0 Å². The minimum Gasteiger partial charge on any atom is -0.335 e. The Balaban J connectivity index is 2.03. The van der Waals surface area contributed by atoms with E-state index in [-0.39, 0.29) is 0 Å². The highest BCUT2D eigenvalue weighted by Crippen LogP contribution is 2.14. The Bertz CT molecular complexity index is 493. The number of hydrogen-bond donors (Lipinski definition) is 1. The molecule has 0 aliphatic rings. The van der Waals surface area contributed by atoms with Gasteiger partial charge in [0.15, 0.2) is 0 Å². The van der Waals surface area contributed by atoms with Crippen LogP contribution in [0.3, 0.4) is 0 Å². The van der Waals surface area contributed by atoms with Crippen LogP contribution >= 0.6 is 11.6 Å². The lowest BCUT2D eigenvalue weighted by atomic mass is 10.1. The van der Waals surface area contributed by atoms with Crippen LogP contribution in [0.2, 0.25) is 5.02 Å². The Hall–Kier alpha value is -1.32. The Labute approximate surface area is 113 Å². The molecule has 2 aromatic rings. The van der Waals surface area contributed by atoms with E-state index in [9.17, 15) is 0 Å². The largest absolute Gasteiger partial charge is 0.335 e. The minimum absolute atomic E-state index is 0.779. The van der Waals surface area contributed by atoms with Crippen molar-refractivity contribution in [1.82, 2.24) is 14.9 Å². The van der Waals surface area contributed by atoms with E-state index in [1.54, 1.807) is 0 Å². The van der Waals surface area contributed by atoms with Crippen molar-refractivity contribution in [2.24, 2.45) is 0 Å². The normalized spacial score (nSPS) is 10.8. The van der Waals surface area contributed by atoms with E-state index in [1.165, 1.54) is 5.56 Å². The average Bonchev–Trinajstić information content (AvgIpc) is 2.77. The number of nitrogens with one attached hydrogen (secondary N) is 1. The minimum atomic E-state index is 0.779. The second-order valence-corrected chi connectivity index (χ2v) is 4.74. The molecule has 0 radical (unpaired) electrons. The van der Waals surface area contributed by atoms with Gasteiger partial charge in [0.1, 0.15) is 5.82 Å². The topological polar surface area (TPSA) is 29.9 Å². The molecule has 0 atom stereocenters. The van der Waals surface area contributed by atoms with Crippen molar-refractivity contribution in [1.29, 1.82) is 0 Å². The lowest BCUT2D eigenvalue weighted by Gasteiger charge is -2.08. The van der Waals surface area contributed by atoms with Crippen LogP contribution in [-0.2, 0) is 13.0 Å². The van der Waals surface area contributed by atoms with Crippen LogP contribution in [0.25, 0.3) is 0 Å². The highest BCUT2D eigenvalue weighted by atomic mass is 35.5. The molecule has 0 fully saturated rings. The Morgan fingerprint density at radius 3 is 3.06 bits per heavy atom. The summed E-state index contributed by atoms with van der Waals surface area (Å²) < 4.78 is 2.21. The van der Waals surface area contributed by atoms with Crippen molar-refractivity contribution in [3.63, 3.8) is 0 Å². The number of aryl methyl sites for hydroxylation is 1. The first kappa shape index (κ1) is 13.1. The summed E-state index contributed by atoms with van der Waals surface area (Å²) in [7, 11) is 1.97. The zero-order valence-electron chi connectivity index (χ0n) is 10.6. The molecule has 0 bridgehead atoms. The lowest BCUT2D eigenvalue weighted by Crippen LogP contribution is -2.12. The number of benzene rings is 1. The van der Waals surface area contributed by atoms with E-state index in [0.29, 0.717) is 0 Å². The van der Waals surface area contributed by atoms with Gasteiger partial charge < -0.3 is 9.88 Å². The summed E-state index contributed by atoms with van der Waals surface area (Å²) >= 11 is 5.99. The van der Waals surface area contributed by atoms with Crippen LogP contribution in [0.15, 0.2) is 36.7 Å². The van der Waals surface area contributed by atoms with E-state index in [0.717, 1.165) is 36.8 Å². The maximum absolute atomic E-state index is 5.99. The molecule has 0 aliphatic carbocycles. The molecular formula is C14H18ClN3. The summed E-state index contributed by atoms with van der Waals surface area (Å²) in [4.78, 5) is 4.42. The third-order valence-electron chi connectivity index (χ3n) is 2.88. The number of nitrogens with zero attached hydrogens (tertiary/aromatic N) is 2. The first-order valence-electron chi connectivity index (χ1n) is 6.18. The Morgan fingerprint density at radius 2 is 2.28 bits per heavy atom.